The van der Waals surface area contributed by atoms with E-state index in [2.05, 4.69) is 5.10 Å². The third-order valence-electron chi connectivity index (χ3n) is 5.07. The Hall–Kier alpha value is -2.96. The Labute approximate surface area is 162 Å². The average molecular weight is 382 g/mol. The fraction of sp³-hybridized carbons (Fsp3) is 0.381. The van der Waals surface area contributed by atoms with Crippen molar-refractivity contribution in [1.82, 2.24) is 19.7 Å². The maximum absolute atomic E-state index is 13.2. The summed E-state index contributed by atoms with van der Waals surface area (Å²) < 4.78 is 20.3. The number of likely N-dealkylation sites (N-methyl/N-ethyl adjacent to an activating group) is 1. The molecule has 7 heteroatoms. The van der Waals surface area contributed by atoms with Crippen LogP contribution in [0.15, 0.2) is 30.3 Å². The van der Waals surface area contributed by atoms with Crippen LogP contribution in [0.5, 0.6) is 5.75 Å². The molecule has 0 bridgehead atoms. The van der Waals surface area contributed by atoms with Crippen molar-refractivity contribution < 1.29 is 13.9 Å². The third-order valence-corrected chi connectivity index (χ3v) is 5.07. The second kappa shape index (κ2) is 7.22. The number of hydrogen-bond donors (Lipinski definition) is 0. The van der Waals surface area contributed by atoms with Gasteiger partial charge in [-0.3, -0.25) is 9.48 Å². The monoisotopic (exact) mass is 382 g/mol. The molecule has 0 aliphatic heterocycles. The first kappa shape index (κ1) is 18.4. The average Bonchev–Trinajstić information content (AvgIpc) is 3.49. The van der Waals surface area contributed by atoms with Crippen molar-refractivity contribution in [2.45, 2.75) is 25.7 Å². The molecule has 2 heterocycles. The molecule has 146 valence electrons. The maximum atomic E-state index is 13.2. The molecule has 0 N–H and O–H groups in total. The molecule has 1 aliphatic carbocycles. The van der Waals surface area contributed by atoms with Crippen molar-refractivity contribution in [1.29, 1.82) is 0 Å². The van der Waals surface area contributed by atoms with Crippen LogP contribution in [0.4, 0.5) is 4.39 Å². The number of aryl methyl sites for hydroxylation is 2. The first-order chi connectivity index (χ1) is 13.4. The predicted octanol–water partition coefficient (Wildman–Crippen LogP) is 3.44. The van der Waals surface area contributed by atoms with Crippen LogP contribution < -0.4 is 4.74 Å². The SMILES string of the molecule is Cc1nn(C)c2nc(C3CC3)cc(C(=O)N(C)CCOc3ccc(F)cc3)c12. The molecule has 1 saturated carbocycles. The van der Waals surface area contributed by atoms with Gasteiger partial charge in [-0.05, 0) is 50.1 Å². The Morgan fingerprint density at radius 3 is 2.71 bits per heavy atom. The summed E-state index contributed by atoms with van der Waals surface area (Å²) in [6.45, 7) is 2.64. The van der Waals surface area contributed by atoms with Crippen molar-refractivity contribution >= 4 is 16.9 Å². The largest absolute Gasteiger partial charge is 0.492 e. The molecule has 2 aromatic heterocycles. The molecule has 0 spiro atoms. The van der Waals surface area contributed by atoms with Gasteiger partial charge in [0.05, 0.1) is 23.2 Å². The van der Waals surface area contributed by atoms with Gasteiger partial charge in [0.25, 0.3) is 5.91 Å². The van der Waals surface area contributed by atoms with Crippen molar-refractivity contribution in [2.75, 3.05) is 20.2 Å². The summed E-state index contributed by atoms with van der Waals surface area (Å²) in [6, 6.07) is 7.77. The van der Waals surface area contributed by atoms with Crippen molar-refractivity contribution in [3.8, 4) is 5.75 Å². The quantitative estimate of drug-likeness (QED) is 0.655. The first-order valence-corrected chi connectivity index (χ1v) is 9.42. The number of halogens is 1. The topological polar surface area (TPSA) is 60.2 Å². The van der Waals surface area contributed by atoms with Gasteiger partial charge in [0.15, 0.2) is 5.65 Å². The lowest BCUT2D eigenvalue weighted by atomic mass is 10.1. The van der Waals surface area contributed by atoms with Gasteiger partial charge in [0.1, 0.15) is 18.2 Å². The molecular formula is C21H23FN4O2. The summed E-state index contributed by atoms with van der Waals surface area (Å²) in [4.78, 5) is 19.5. The molecule has 3 aromatic rings. The van der Waals surface area contributed by atoms with Crippen molar-refractivity contribution in [3.63, 3.8) is 0 Å². The summed E-state index contributed by atoms with van der Waals surface area (Å²) in [7, 11) is 3.61. The van der Waals surface area contributed by atoms with Crippen molar-refractivity contribution in [2.24, 2.45) is 7.05 Å². The third kappa shape index (κ3) is 3.56. The van der Waals surface area contributed by atoms with E-state index >= 15 is 0 Å². The number of hydrogen-bond acceptors (Lipinski definition) is 4. The van der Waals surface area contributed by atoms with E-state index in [4.69, 9.17) is 9.72 Å². The molecule has 0 unspecified atom stereocenters. The number of fused-ring (bicyclic) bond motifs is 1. The van der Waals surface area contributed by atoms with Gasteiger partial charge in [0.2, 0.25) is 0 Å². The van der Waals surface area contributed by atoms with Crippen LogP contribution in [0.25, 0.3) is 11.0 Å². The fourth-order valence-corrected chi connectivity index (χ4v) is 3.36. The highest BCUT2D eigenvalue weighted by Gasteiger charge is 2.29. The van der Waals surface area contributed by atoms with E-state index in [0.717, 1.165) is 35.3 Å². The molecule has 28 heavy (non-hydrogen) atoms. The Bertz CT molecular complexity index is 1030. The standard InChI is InChI=1S/C21H23FN4O2/c1-13-19-17(12-18(14-4-5-14)23-20(19)26(3)24-13)21(27)25(2)10-11-28-16-8-6-15(22)7-9-16/h6-9,12,14H,4-5,10-11H2,1-3H3. The zero-order chi connectivity index (χ0) is 19.8. The minimum Gasteiger partial charge on any atom is -0.492 e. The van der Waals surface area contributed by atoms with Crippen LogP contribution in [-0.4, -0.2) is 45.8 Å². The summed E-state index contributed by atoms with van der Waals surface area (Å²) >= 11 is 0. The number of carbonyl (C=O) groups excluding carboxylic acids is 1. The molecule has 0 radical (unpaired) electrons. The van der Waals surface area contributed by atoms with Gasteiger partial charge in [-0.1, -0.05) is 0 Å². The van der Waals surface area contributed by atoms with Crippen LogP contribution in [0.2, 0.25) is 0 Å². The van der Waals surface area contributed by atoms with Crippen LogP contribution in [0.3, 0.4) is 0 Å². The number of amides is 1. The molecule has 4 rings (SSSR count). The van der Waals surface area contributed by atoms with Crippen molar-refractivity contribution in [3.05, 3.63) is 53.1 Å². The predicted molar refractivity (Wildman–Crippen MR) is 104 cm³/mol. The van der Waals surface area contributed by atoms with Gasteiger partial charge in [-0.2, -0.15) is 5.10 Å². The van der Waals surface area contributed by atoms with E-state index in [-0.39, 0.29) is 11.7 Å². The zero-order valence-electron chi connectivity index (χ0n) is 16.3. The summed E-state index contributed by atoms with van der Waals surface area (Å²) in [6.07, 6.45) is 2.23. The molecule has 0 atom stereocenters. The van der Waals surface area contributed by atoms with Crippen LogP contribution in [-0.2, 0) is 7.05 Å². The fourth-order valence-electron chi connectivity index (χ4n) is 3.36. The van der Waals surface area contributed by atoms with Gasteiger partial charge in [-0.25, -0.2) is 9.37 Å². The van der Waals surface area contributed by atoms with E-state index in [1.165, 1.54) is 12.1 Å². The lowest BCUT2D eigenvalue weighted by Crippen LogP contribution is -2.31. The van der Waals surface area contributed by atoms with E-state index in [1.807, 2.05) is 20.0 Å². The molecule has 0 saturated heterocycles. The number of benzene rings is 1. The summed E-state index contributed by atoms with van der Waals surface area (Å²) in [5.41, 5.74) is 3.16. The Morgan fingerprint density at radius 2 is 2.04 bits per heavy atom. The number of aromatic nitrogens is 3. The minimum absolute atomic E-state index is 0.0758. The minimum atomic E-state index is -0.306. The Kier molecular flexibility index (Phi) is 4.75. The lowest BCUT2D eigenvalue weighted by molar-refractivity contribution is 0.0775. The van der Waals surface area contributed by atoms with Crippen LogP contribution in [0.1, 0.15) is 40.5 Å². The molecular weight excluding hydrogens is 359 g/mol. The molecule has 6 nitrogen and oxygen atoms in total. The normalized spacial score (nSPS) is 13.7. The first-order valence-electron chi connectivity index (χ1n) is 9.42. The highest BCUT2D eigenvalue weighted by molar-refractivity contribution is 6.06. The lowest BCUT2D eigenvalue weighted by Gasteiger charge is -2.18. The van der Waals surface area contributed by atoms with E-state index in [0.29, 0.717) is 30.4 Å². The Balaban J connectivity index is 1.53. The van der Waals surface area contributed by atoms with Gasteiger partial charge in [0, 0.05) is 25.7 Å². The van der Waals surface area contributed by atoms with Gasteiger partial charge >= 0.3 is 0 Å². The zero-order valence-corrected chi connectivity index (χ0v) is 16.3. The van der Waals surface area contributed by atoms with E-state index < -0.39 is 0 Å². The van der Waals surface area contributed by atoms with E-state index in [1.54, 1.807) is 28.8 Å². The van der Waals surface area contributed by atoms with Crippen LogP contribution >= 0.6 is 0 Å². The maximum Gasteiger partial charge on any atom is 0.254 e. The Morgan fingerprint density at radius 1 is 1.32 bits per heavy atom. The molecule has 1 amide bonds. The van der Waals surface area contributed by atoms with Crippen LogP contribution in [0, 0.1) is 12.7 Å². The molecule has 1 aromatic carbocycles. The highest BCUT2D eigenvalue weighted by Crippen LogP contribution is 2.40. The number of pyridine rings is 1. The van der Waals surface area contributed by atoms with Gasteiger partial charge < -0.3 is 9.64 Å². The molecule has 1 aliphatic rings. The molecule has 1 fully saturated rings. The van der Waals surface area contributed by atoms with Gasteiger partial charge in [-0.15, -0.1) is 0 Å². The second-order valence-corrected chi connectivity index (χ2v) is 7.31. The number of nitrogens with zero attached hydrogens (tertiary/aromatic N) is 4. The number of ether oxygens (including phenoxy) is 1. The summed E-state index contributed by atoms with van der Waals surface area (Å²) in [5, 5.41) is 5.26. The number of rotatable bonds is 6. The number of carbonyl (C=O) groups is 1. The smallest absolute Gasteiger partial charge is 0.254 e. The van der Waals surface area contributed by atoms with E-state index in [9.17, 15) is 9.18 Å². The second-order valence-electron chi connectivity index (χ2n) is 7.31. The highest BCUT2D eigenvalue weighted by atomic mass is 19.1. The summed E-state index contributed by atoms with van der Waals surface area (Å²) in [5.74, 6) is 0.638.